The van der Waals surface area contributed by atoms with Crippen molar-refractivity contribution in [2.75, 3.05) is 7.11 Å². The van der Waals surface area contributed by atoms with E-state index >= 15 is 0 Å². The highest BCUT2D eigenvalue weighted by atomic mass is 35.5. The lowest BCUT2D eigenvalue weighted by Gasteiger charge is -2.28. The molecule has 2 rings (SSSR count). The van der Waals surface area contributed by atoms with Crippen LogP contribution in [0.25, 0.3) is 0 Å². The second-order valence-electron chi connectivity index (χ2n) is 4.81. The van der Waals surface area contributed by atoms with Gasteiger partial charge in [0.2, 0.25) is 0 Å². The van der Waals surface area contributed by atoms with Crippen molar-refractivity contribution in [1.82, 2.24) is 9.78 Å². The van der Waals surface area contributed by atoms with Gasteiger partial charge in [0.25, 0.3) is 0 Å². The predicted molar refractivity (Wildman–Crippen MR) is 69.4 cm³/mol. The van der Waals surface area contributed by atoms with Crippen LogP contribution < -0.4 is 0 Å². The third-order valence-electron chi connectivity index (χ3n) is 3.65. The van der Waals surface area contributed by atoms with Crippen LogP contribution in [-0.4, -0.2) is 23.0 Å². The molecule has 3 unspecified atom stereocenters. The SMILES string of the molecule is CCC(Cl)c1cnn(C2CCCC(OC)C2)c1. The van der Waals surface area contributed by atoms with E-state index in [9.17, 15) is 0 Å². The van der Waals surface area contributed by atoms with Gasteiger partial charge in [0.15, 0.2) is 0 Å². The van der Waals surface area contributed by atoms with Crippen molar-refractivity contribution in [2.24, 2.45) is 0 Å². The van der Waals surface area contributed by atoms with E-state index in [4.69, 9.17) is 16.3 Å². The number of hydrogen-bond acceptors (Lipinski definition) is 2. The van der Waals surface area contributed by atoms with Crippen molar-refractivity contribution in [1.29, 1.82) is 0 Å². The van der Waals surface area contributed by atoms with Crippen LogP contribution in [-0.2, 0) is 4.74 Å². The molecule has 3 atom stereocenters. The standard InChI is InChI=1S/C13H21ClN2O/c1-3-13(14)10-8-15-16(9-10)11-5-4-6-12(7-11)17-2/h8-9,11-13H,3-7H2,1-2H3. The van der Waals surface area contributed by atoms with E-state index in [1.165, 1.54) is 19.3 Å². The smallest absolute Gasteiger partial charge is 0.0613 e. The molecule has 1 heterocycles. The molecule has 96 valence electrons. The number of rotatable bonds is 4. The molecule has 1 aliphatic carbocycles. The Morgan fingerprint density at radius 2 is 2.41 bits per heavy atom. The van der Waals surface area contributed by atoms with Crippen LogP contribution in [0.3, 0.4) is 0 Å². The van der Waals surface area contributed by atoms with Crippen LogP contribution in [0, 0.1) is 0 Å². The van der Waals surface area contributed by atoms with Crippen LogP contribution in [0.2, 0.25) is 0 Å². The van der Waals surface area contributed by atoms with Crippen LogP contribution in [0.15, 0.2) is 12.4 Å². The fourth-order valence-corrected chi connectivity index (χ4v) is 2.64. The molecule has 1 aromatic rings. The monoisotopic (exact) mass is 256 g/mol. The van der Waals surface area contributed by atoms with Gasteiger partial charge in [0.05, 0.1) is 23.7 Å². The lowest BCUT2D eigenvalue weighted by Crippen LogP contribution is -2.24. The molecule has 0 saturated heterocycles. The lowest BCUT2D eigenvalue weighted by molar-refractivity contribution is 0.0508. The molecule has 1 aromatic heterocycles. The van der Waals surface area contributed by atoms with Gasteiger partial charge in [-0.3, -0.25) is 4.68 Å². The first-order chi connectivity index (χ1) is 8.24. The zero-order valence-corrected chi connectivity index (χ0v) is 11.4. The topological polar surface area (TPSA) is 27.1 Å². The summed E-state index contributed by atoms with van der Waals surface area (Å²) >= 11 is 6.22. The highest BCUT2D eigenvalue weighted by molar-refractivity contribution is 6.20. The predicted octanol–water partition coefficient (Wildman–Crippen LogP) is 3.70. The summed E-state index contributed by atoms with van der Waals surface area (Å²) in [5.41, 5.74) is 1.13. The molecule has 0 bridgehead atoms. The van der Waals surface area contributed by atoms with Gasteiger partial charge in [-0.1, -0.05) is 6.92 Å². The lowest BCUT2D eigenvalue weighted by atomic mass is 9.93. The van der Waals surface area contributed by atoms with Crippen LogP contribution >= 0.6 is 11.6 Å². The van der Waals surface area contributed by atoms with E-state index in [0.29, 0.717) is 12.1 Å². The fourth-order valence-electron chi connectivity index (χ4n) is 2.52. The zero-order valence-electron chi connectivity index (χ0n) is 10.6. The number of methoxy groups -OCH3 is 1. The van der Waals surface area contributed by atoms with Crippen LogP contribution in [0.1, 0.15) is 56.0 Å². The maximum absolute atomic E-state index is 6.22. The van der Waals surface area contributed by atoms with Crippen LogP contribution in [0.5, 0.6) is 0 Å². The summed E-state index contributed by atoms with van der Waals surface area (Å²) in [4.78, 5) is 0. The van der Waals surface area contributed by atoms with E-state index in [0.717, 1.165) is 18.4 Å². The first kappa shape index (κ1) is 12.9. The van der Waals surface area contributed by atoms with Crippen molar-refractivity contribution < 1.29 is 4.74 Å². The first-order valence-electron chi connectivity index (χ1n) is 6.45. The molecule has 1 fully saturated rings. The van der Waals surface area contributed by atoms with Crippen molar-refractivity contribution in [3.05, 3.63) is 18.0 Å². The quantitative estimate of drug-likeness (QED) is 0.768. The van der Waals surface area contributed by atoms with Gasteiger partial charge in [0.1, 0.15) is 0 Å². The Labute approximate surface area is 108 Å². The molecule has 0 radical (unpaired) electrons. The Balaban J connectivity index is 2.04. The van der Waals surface area contributed by atoms with Gasteiger partial charge in [0, 0.05) is 18.9 Å². The Kier molecular flexibility index (Phi) is 4.46. The van der Waals surface area contributed by atoms with Gasteiger partial charge in [-0.15, -0.1) is 11.6 Å². The molecule has 3 nitrogen and oxygen atoms in total. The summed E-state index contributed by atoms with van der Waals surface area (Å²) < 4.78 is 7.53. The van der Waals surface area contributed by atoms with Crippen molar-refractivity contribution in [3.63, 3.8) is 0 Å². The number of ether oxygens (including phenoxy) is 1. The Morgan fingerprint density at radius 3 is 3.12 bits per heavy atom. The molecule has 0 aliphatic heterocycles. The average Bonchev–Trinajstić information content (AvgIpc) is 2.87. The van der Waals surface area contributed by atoms with Gasteiger partial charge in [-0.2, -0.15) is 5.10 Å². The zero-order chi connectivity index (χ0) is 12.3. The van der Waals surface area contributed by atoms with E-state index in [1.807, 2.05) is 6.20 Å². The van der Waals surface area contributed by atoms with Gasteiger partial charge in [-0.05, 0) is 32.1 Å². The Hall–Kier alpha value is -0.540. The molecule has 17 heavy (non-hydrogen) atoms. The van der Waals surface area contributed by atoms with Crippen molar-refractivity contribution in [2.45, 2.75) is 56.6 Å². The largest absolute Gasteiger partial charge is 0.381 e. The Morgan fingerprint density at radius 1 is 1.59 bits per heavy atom. The second-order valence-corrected chi connectivity index (χ2v) is 5.33. The molecule has 0 spiro atoms. The van der Waals surface area contributed by atoms with E-state index in [2.05, 4.69) is 22.9 Å². The highest BCUT2D eigenvalue weighted by Crippen LogP contribution is 2.31. The third kappa shape index (κ3) is 3.02. The minimum atomic E-state index is 0.0885. The van der Waals surface area contributed by atoms with Crippen molar-refractivity contribution in [3.8, 4) is 0 Å². The van der Waals surface area contributed by atoms with E-state index < -0.39 is 0 Å². The molecule has 0 N–H and O–H groups in total. The maximum atomic E-state index is 6.22. The van der Waals surface area contributed by atoms with Gasteiger partial charge in [-0.25, -0.2) is 0 Å². The van der Waals surface area contributed by atoms with Crippen LogP contribution in [0.4, 0.5) is 0 Å². The minimum Gasteiger partial charge on any atom is -0.381 e. The number of aromatic nitrogens is 2. The van der Waals surface area contributed by atoms with Gasteiger partial charge < -0.3 is 4.74 Å². The molecule has 1 saturated carbocycles. The normalized spacial score (nSPS) is 27.0. The Bertz CT molecular complexity index is 353. The van der Waals surface area contributed by atoms with E-state index in [1.54, 1.807) is 7.11 Å². The summed E-state index contributed by atoms with van der Waals surface area (Å²) in [6.07, 6.45) is 9.99. The molecular weight excluding hydrogens is 236 g/mol. The number of hydrogen-bond donors (Lipinski definition) is 0. The van der Waals surface area contributed by atoms with Crippen molar-refractivity contribution >= 4 is 11.6 Å². The molecule has 1 aliphatic rings. The summed E-state index contributed by atoms with van der Waals surface area (Å²) in [5.74, 6) is 0. The summed E-state index contributed by atoms with van der Waals surface area (Å²) in [7, 11) is 1.80. The maximum Gasteiger partial charge on any atom is 0.0613 e. The summed E-state index contributed by atoms with van der Waals surface area (Å²) in [6.45, 7) is 2.09. The molecule has 0 aromatic carbocycles. The summed E-state index contributed by atoms with van der Waals surface area (Å²) in [5, 5.41) is 4.54. The summed E-state index contributed by atoms with van der Waals surface area (Å²) in [6, 6.07) is 0.475. The second kappa shape index (κ2) is 5.87. The third-order valence-corrected chi connectivity index (χ3v) is 4.21. The average molecular weight is 257 g/mol. The number of halogens is 1. The fraction of sp³-hybridized carbons (Fsp3) is 0.769. The molecular formula is C13H21ClN2O. The minimum absolute atomic E-state index is 0.0885. The number of nitrogens with zero attached hydrogens (tertiary/aromatic N) is 2. The molecule has 4 heteroatoms. The highest BCUT2D eigenvalue weighted by Gasteiger charge is 2.23. The van der Waals surface area contributed by atoms with E-state index in [-0.39, 0.29) is 5.38 Å². The van der Waals surface area contributed by atoms with Gasteiger partial charge >= 0.3 is 0 Å². The number of alkyl halides is 1. The molecule has 0 amide bonds. The first-order valence-corrected chi connectivity index (χ1v) is 6.89.